The molecule has 0 aliphatic rings. The molecule has 16 heavy (non-hydrogen) atoms. The molecule has 2 N–H and O–H groups in total. The smallest absolute Gasteiger partial charge is 0.360 e. The highest BCUT2D eigenvalue weighted by Crippen LogP contribution is 2.13. The largest absolute Gasteiger partial charge is 0.476 e. The van der Waals surface area contributed by atoms with Gasteiger partial charge in [0.2, 0.25) is 11.1 Å². The summed E-state index contributed by atoms with van der Waals surface area (Å²) in [5.41, 5.74) is -1.78. The number of hydrogen-bond acceptors (Lipinski definition) is 3. The fourth-order valence-corrected chi connectivity index (χ4v) is 1.27. The molecule has 2 rings (SSSR count). The lowest BCUT2D eigenvalue weighted by Gasteiger charge is -1.99. The Morgan fingerprint density at radius 1 is 1.31 bits per heavy atom. The van der Waals surface area contributed by atoms with Crippen molar-refractivity contribution in [1.29, 1.82) is 0 Å². The van der Waals surface area contributed by atoms with Gasteiger partial charge < -0.3 is 5.11 Å². The first-order valence-corrected chi connectivity index (χ1v) is 4.11. The third-order valence-electron chi connectivity index (χ3n) is 2.01. The lowest BCUT2D eigenvalue weighted by atomic mass is 10.2. The van der Waals surface area contributed by atoms with Gasteiger partial charge in [0.25, 0.3) is 0 Å². The van der Waals surface area contributed by atoms with Crippen LogP contribution in [0, 0.1) is 11.6 Å². The zero-order valence-corrected chi connectivity index (χ0v) is 7.62. The van der Waals surface area contributed by atoms with Gasteiger partial charge >= 0.3 is 5.97 Å². The van der Waals surface area contributed by atoms with E-state index < -0.39 is 28.7 Å². The molecule has 1 aromatic heterocycles. The summed E-state index contributed by atoms with van der Waals surface area (Å²) in [6.07, 6.45) is 0. The van der Waals surface area contributed by atoms with Crippen LogP contribution in [0.15, 0.2) is 16.9 Å². The Labute approximate surface area is 86.3 Å². The highest BCUT2D eigenvalue weighted by molar-refractivity contribution is 5.90. The number of hydrogen-bond donors (Lipinski definition) is 2. The summed E-state index contributed by atoms with van der Waals surface area (Å²) in [4.78, 5) is 22.0. The van der Waals surface area contributed by atoms with E-state index in [9.17, 15) is 18.4 Å². The van der Waals surface area contributed by atoms with Crippen LogP contribution in [0.3, 0.4) is 0 Å². The summed E-state index contributed by atoms with van der Waals surface area (Å²) < 4.78 is 25.7. The van der Waals surface area contributed by atoms with Gasteiger partial charge in [0.05, 0.1) is 10.9 Å². The molecule has 1 aromatic carbocycles. The van der Waals surface area contributed by atoms with Crippen LogP contribution in [0.25, 0.3) is 10.9 Å². The Hall–Kier alpha value is -2.31. The Morgan fingerprint density at radius 3 is 2.56 bits per heavy atom. The van der Waals surface area contributed by atoms with Crippen molar-refractivity contribution in [1.82, 2.24) is 10.2 Å². The molecular formula is C9H4F2N2O3. The van der Waals surface area contributed by atoms with E-state index in [1.165, 1.54) is 0 Å². The van der Waals surface area contributed by atoms with E-state index in [1.54, 1.807) is 0 Å². The number of nitrogens with one attached hydrogen (secondary N) is 1. The topological polar surface area (TPSA) is 83.0 Å². The van der Waals surface area contributed by atoms with Crippen LogP contribution in [-0.2, 0) is 0 Å². The van der Waals surface area contributed by atoms with Gasteiger partial charge in [-0.1, -0.05) is 0 Å². The number of carboxylic acid groups (broad SMARTS) is 1. The Kier molecular flexibility index (Phi) is 2.15. The van der Waals surface area contributed by atoms with Crippen molar-refractivity contribution in [2.24, 2.45) is 0 Å². The van der Waals surface area contributed by atoms with Crippen molar-refractivity contribution >= 4 is 16.9 Å². The van der Waals surface area contributed by atoms with Crippen LogP contribution in [0.4, 0.5) is 8.78 Å². The second-order valence-electron chi connectivity index (χ2n) is 3.02. The molecule has 0 amide bonds. The highest BCUT2D eigenvalue weighted by Gasteiger charge is 2.15. The minimum Gasteiger partial charge on any atom is -0.476 e. The Bertz CT molecular complexity index is 651. The molecule has 0 spiro atoms. The van der Waals surface area contributed by atoms with Crippen LogP contribution in [0.5, 0.6) is 0 Å². The number of aromatic amines is 1. The highest BCUT2D eigenvalue weighted by atomic mass is 19.2. The Morgan fingerprint density at radius 2 is 1.94 bits per heavy atom. The van der Waals surface area contributed by atoms with Crippen LogP contribution in [-0.4, -0.2) is 21.3 Å². The summed E-state index contributed by atoms with van der Waals surface area (Å²) in [6, 6.07) is 1.38. The van der Waals surface area contributed by atoms with E-state index in [-0.39, 0.29) is 10.9 Å². The maximum Gasteiger partial charge on any atom is 0.360 e. The number of fused-ring (bicyclic) bond motifs is 1. The summed E-state index contributed by atoms with van der Waals surface area (Å²) in [7, 11) is 0. The molecule has 0 atom stereocenters. The normalized spacial score (nSPS) is 10.6. The van der Waals surface area contributed by atoms with Crippen LogP contribution >= 0.6 is 0 Å². The molecule has 1 heterocycles. The fraction of sp³-hybridized carbons (Fsp3) is 0. The van der Waals surface area contributed by atoms with Gasteiger partial charge in [-0.05, 0) is 6.07 Å². The van der Waals surface area contributed by atoms with Gasteiger partial charge in [-0.25, -0.2) is 13.6 Å². The zero-order valence-electron chi connectivity index (χ0n) is 7.62. The number of H-pyrrole nitrogens is 1. The standard InChI is InChI=1S/C9H4F2N2O3/c10-4-1-3-6(2-5(4)11)12-13-7(8(3)14)9(15)16/h1-2H,(H,12,14)(H,15,16). The molecule has 0 aliphatic heterocycles. The van der Waals surface area contributed by atoms with Gasteiger partial charge in [-0.2, -0.15) is 5.10 Å². The molecule has 0 fully saturated rings. The minimum absolute atomic E-state index is 0.0612. The minimum atomic E-state index is -1.53. The van der Waals surface area contributed by atoms with Crippen molar-refractivity contribution in [2.75, 3.05) is 0 Å². The summed E-state index contributed by atoms with van der Waals surface area (Å²) >= 11 is 0. The fourth-order valence-electron chi connectivity index (χ4n) is 1.27. The van der Waals surface area contributed by atoms with E-state index >= 15 is 0 Å². The van der Waals surface area contributed by atoms with Crippen molar-refractivity contribution in [3.8, 4) is 0 Å². The zero-order chi connectivity index (χ0) is 11.9. The number of halogens is 2. The summed E-state index contributed by atoms with van der Waals surface area (Å²) in [6.45, 7) is 0. The number of aromatic carboxylic acids is 1. The molecule has 0 bridgehead atoms. The molecule has 0 aliphatic carbocycles. The Balaban J connectivity index is 2.90. The van der Waals surface area contributed by atoms with Gasteiger partial charge in [0.1, 0.15) is 0 Å². The SMILES string of the molecule is O=C(O)c1n[nH]c2cc(F)c(F)cc2c1=O. The molecule has 0 unspecified atom stereocenters. The average molecular weight is 226 g/mol. The van der Waals surface area contributed by atoms with Crippen molar-refractivity contribution in [2.45, 2.75) is 0 Å². The van der Waals surface area contributed by atoms with E-state index in [2.05, 4.69) is 10.2 Å². The number of carbonyl (C=O) groups is 1. The predicted molar refractivity (Wildman–Crippen MR) is 49.2 cm³/mol. The van der Waals surface area contributed by atoms with Gasteiger partial charge in [0.15, 0.2) is 11.6 Å². The molecule has 2 aromatic rings. The van der Waals surface area contributed by atoms with Crippen molar-refractivity contribution in [3.05, 3.63) is 39.7 Å². The summed E-state index contributed by atoms with van der Waals surface area (Å²) in [5, 5.41) is 13.8. The van der Waals surface area contributed by atoms with E-state index in [0.717, 1.165) is 6.07 Å². The maximum atomic E-state index is 12.9. The van der Waals surface area contributed by atoms with Gasteiger partial charge in [0, 0.05) is 6.07 Å². The molecule has 7 heteroatoms. The van der Waals surface area contributed by atoms with E-state index in [1.807, 2.05) is 0 Å². The molecule has 5 nitrogen and oxygen atoms in total. The summed E-state index contributed by atoms with van der Waals surface area (Å²) in [5.74, 6) is -3.90. The first-order valence-electron chi connectivity index (χ1n) is 4.11. The van der Waals surface area contributed by atoms with Crippen LogP contribution < -0.4 is 5.43 Å². The monoisotopic (exact) mass is 226 g/mol. The molecule has 0 radical (unpaired) electrons. The predicted octanol–water partition coefficient (Wildman–Crippen LogP) is 0.899. The second kappa shape index (κ2) is 3.37. The second-order valence-corrected chi connectivity index (χ2v) is 3.02. The number of nitrogens with zero attached hydrogens (tertiary/aromatic N) is 1. The molecular weight excluding hydrogens is 222 g/mol. The number of rotatable bonds is 1. The van der Waals surface area contributed by atoms with E-state index in [4.69, 9.17) is 5.11 Å². The van der Waals surface area contributed by atoms with E-state index in [0.29, 0.717) is 6.07 Å². The number of benzene rings is 1. The number of aromatic nitrogens is 2. The third kappa shape index (κ3) is 1.42. The first-order chi connectivity index (χ1) is 7.50. The molecule has 0 saturated heterocycles. The van der Waals surface area contributed by atoms with Crippen LogP contribution in [0.2, 0.25) is 0 Å². The molecule has 82 valence electrons. The third-order valence-corrected chi connectivity index (χ3v) is 2.01. The van der Waals surface area contributed by atoms with Crippen molar-refractivity contribution < 1.29 is 18.7 Å². The lowest BCUT2D eigenvalue weighted by molar-refractivity contribution is 0.0688. The average Bonchev–Trinajstić information content (AvgIpc) is 2.21. The quantitative estimate of drug-likeness (QED) is 0.756. The van der Waals surface area contributed by atoms with Crippen LogP contribution in [0.1, 0.15) is 10.5 Å². The molecule has 0 saturated carbocycles. The van der Waals surface area contributed by atoms with Crippen molar-refractivity contribution in [3.63, 3.8) is 0 Å². The number of carboxylic acids is 1. The lowest BCUT2D eigenvalue weighted by Crippen LogP contribution is -2.18. The van der Waals surface area contributed by atoms with Gasteiger partial charge in [-0.15, -0.1) is 0 Å². The van der Waals surface area contributed by atoms with Gasteiger partial charge in [-0.3, -0.25) is 9.89 Å². The maximum absolute atomic E-state index is 12.9. The first kappa shape index (κ1) is 10.2.